The maximum Gasteiger partial charge on any atom is 0.243 e. The van der Waals surface area contributed by atoms with Crippen molar-refractivity contribution in [1.29, 1.82) is 0 Å². The zero-order chi connectivity index (χ0) is 31.7. The first-order valence-corrected chi connectivity index (χ1v) is 16.4. The number of nitrogens with one attached hydrogen (secondary N) is 1. The van der Waals surface area contributed by atoms with Crippen LogP contribution in [-0.4, -0.2) is 50.0 Å². The Morgan fingerprint density at radius 1 is 0.930 bits per heavy atom. The highest BCUT2D eigenvalue weighted by molar-refractivity contribution is 7.92. The zero-order valence-corrected chi connectivity index (χ0v) is 26.5. The van der Waals surface area contributed by atoms with Crippen molar-refractivity contribution in [2.45, 2.75) is 58.2 Å². The van der Waals surface area contributed by atoms with Crippen molar-refractivity contribution in [3.63, 3.8) is 0 Å². The third-order valence-corrected chi connectivity index (χ3v) is 8.89. The summed E-state index contributed by atoms with van der Waals surface area (Å²) in [7, 11) is -3.88. The summed E-state index contributed by atoms with van der Waals surface area (Å²) in [5, 5.41) is 3.62. The van der Waals surface area contributed by atoms with Crippen LogP contribution in [0.5, 0.6) is 0 Å². The summed E-state index contributed by atoms with van der Waals surface area (Å²) >= 11 is 12.4. The molecule has 0 radical (unpaired) electrons. The molecule has 232 valence electrons. The van der Waals surface area contributed by atoms with Crippen molar-refractivity contribution >= 4 is 50.7 Å². The summed E-state index contributed by atoms with van der Waals surface area (Å²) in [6.45, 7) is 3.69. The highest BCUT2D eigenvalue weighted by atomic mass is 35.5. The van der Waals surface area contributed by atoms with Gasteiger partial charge in [-0.3, -0.25) is 13.9 Å². The van der Waals surface area contributed by atoms with Crippen LogP contribution in [0, 0.1) is 11.6 Å². The molecule has 3 rings (SSSR count). The largest absolute Gasteiger partial charge is 0.352 e. The molecule has 2 amide bonds. The monoisotopic (exact) mass is 653 g/mol. The Bertz CT molecular complexity index is 1530. The summed E-state index contributed by atoms with van der Waals surface area (Å²) in [5.74, 6) is -3.02. The van der Waals surface area contributed by atoms with Gasteiger partial charge in [-0.05, 0) is 55.2 Å². The van der Waals surface area contributed by atoms with Gasteiger partial charge in [-0.1, -0.05) is 66.5 Å². The molecule has 0 saturated carbocycles. The van der Waals surface area contributed by atoms with Crippen molar-refractivity contribution in [2.75, 3.05) is 17.1 Å². The lowest BCUT2D eigenvalue weighted by Gasteiger charge is -2.33. The summed E-state index contributed by atoms with van der Waals surface area (Å²) in [5.41, 5.74) is 1.44. The average molecular weight is 655 g/mol. The van der Waals surface area contributed by atoms with Crippen LogP contribution in [-0.2, 0) is 32.6 Å². The lowest BCUT2D eigenvalue weighted by atomic mass is 10.0. The van der Waals surface area contributed by atoms with Crippen molar-refractivity contribution < 1.29 is 26.8 Å². The van der Waals surface area contributed by atoms with Crippen molar-refractivity contribution in [1.82, 2.24) is 10.2 Å². The molecule has 0 aliphatic carbocycles. The third-order valence-electron chi connectivity index (χ3n) is 6.95. The van der Waals surface area contributed by atoms with Crippen LogP contribution in [0.1, 0.15) is 44.2 Å². The second-order valence-corrected chi connectivity index (χ2v) is 13.1. The van der Waals surface area contributed by atoms with Crippen LogP contribution in [0.2, 0.25) is 10.0 Å². The number of hydrogen-bond acceptors (Lipinski definition) is 4. The van der Waals surface area contributed by atoms with Gasteiger partial charge in [0, 0.05) is 38.0 Å². The van der Waals surface area contributed by atoms with Crippen LogP contribution in [0.4, 0.5) is 14.5 Å². The van der Waals surface area contributed by atoms with Gasteiger partial charge in [-0.2, -0.15) is 0 Å². The molecule has 0 aromatic heterocycles. The van der Waals surface area contributed by atoms with Gasteiger partial charge in [0.05, 0.1) is 22.0 Å². The fourth-order valence-corrected chi connectivity index (χ4v) is 5.75. The molecule has 7 nitrogen and oxygen atoms in total. The SMILES string of the molecule is CC[C@H](C)NC(=O)[C@H](Cc1ccccc1)N(Cc1ccc(Cl)c(Cl)c1)C(=O)CCCN(c1ccc(F)c(F)c1)S(C)(=O)=O. The van der Waals surface area contributed by atoms with Crippen LogP contribution in [0.25, 0.3) is 0 Å². The summed E-state index contributed by atoms with van der Waals surface area (Å²) in [4.78, 5) is 29.0. The number of anilines is 1. The quantitative estimate of drug-likeness (QED) is 0.219. The van der Waals surface area contributed by atoms with E-state index in [1.54, 1.807) is 18.2 Å². The predicted octanol–water partition coefficient (Wildman–Crippen LogP) is 6.37. The maximum absolute atomic E-state index is 13.9. The molecule has 0 heterocycles. The number of nitrogens with zero attached hydrogens (tertiary/aromatic N) is 2. The number of carbonyl (C=O) groups is 2. The van der Waals surface area contributed by atoms with E-state index in [2.05, 4.69) is 5.32 Å². The zero-order valence-electron chi connectivity index (χ0n) is 24.2. The Morgan fingerprint density at radius 3 is 2.23 bits per heavy atom. The maximum atomic E-state index is 13.9. The number of hydrogen-bond donors (Lipinski definition) is 1. The van der Waals surface area contributed by atoms with E-state index in [0.29, 0.717) is 22.0 Å². The topological polar surface area (TPSA) is 86.8 Å². The van der Waals surface area contributed by atoms with Crippen molar-refractivity contribution in [3.8, 4) is 0 Å². The summed E-state index contributed by atoms with van der Waals surface area (Å²) < 4.78 is 53.3. The van der Waals surface area contributed by atoms with E-state index in [1.807, 2.05) is 44.2 Å². The van der Waals surface area contributed by atoms with Gasteiger partial charge in [0.25, 0.3) is 0 Å². The van der Waals surface area contributed by atoms with Crippen LogP contribution in [0.3, 0.4) is 0 Å². The number of benzene rings is 3. The van der Waals surface area contributed by atoms with Gasteiger partial charge in [0.2, 0.25) is 21.8 Å². The predicted molar refractivity (Wildman–Crippen MR) is 167 cm³/mol. The first kappa shape index (κ1) is 34.3. The molecule has 0 fully saturated rings. The van der Waals surface area contributed by atoms with E-state index < -0.39 is 33.6 Å². The number of rotatable bonds is 14. The second kappa shape index (κ2) is 15.5. The molecule has 0 bridgehead atoms. The molecule has 12 heteroatoms. The molecule has 3 aromatic carbocycles. The van der Waals surface area contributed by atoms with Crippen LogP contribution < -0.4 is 9.62 Å². The van der Waals surface area contributed by atoms with E-state index in [0.717, 1.165) is 34.3 Å². The third kappa shape index (κ3) is 9.91. The van der Waals surface area contributed by atoms with Gasteiger partial charge in [0.1, 0.15) is 6.04 Å². The molecule has 1 N–H and O–H groups in total. The smallest absolute Gasteiger partial charge is 0.243 e. The Hall–Kier alpha value is -3.21. The molecule has 0 saturated heterocycles. The van der Waals surface area contributed by atoms with E-state index in [4.69, 9.17) is 23.2 Å². The molecule has 2 atom stereocenters. The molecular weight excluding hydrogens is 619 g/mol. The fraction of sp³-hybridized carbons (Fsp3) is 0.355. The first-order chi connectivity index (χ1) is 20.3. The van der Waals surface area contributed by atoms with Crippen molar-refractivity contribution in [3.05, 3.63) is 99.5 Å². The minimum Gasteiger partial charge on any atom is -0.352 e. The molecule has 0 unspecified atom stereocenters. The first-order valence-electron chi connectivity index (χ1n) is 13.8. The number of halogens is 4. The van der Waals surface area contributed by atoms with E-state index in [1.165, 1.54) is 4.90 Å². The van der Waals surface area contributed by atoms with Crippen molar-refractivity contribution in [2.24, 2.45) is 0 Å². The number of carbonyl (C=O) groups excluding carboxylic acids is 2. The normalized spacial score (nSPS) is 12.8. The summed E-state index contributed by atoms with van der Waals surface area (Å²) in [6, 6.07) is 16.0. The number of amides is 2. The van der Waals surface area contributed by atoms with E-state index in [9.17, 15) is 26.8 Å². The van der Waals surface area contributed by atoms with E-state index >= 15 is 0 Å². The minimum absolute atomic E-state index is 0.0418. The Balaban J connectivity index is 1.92. The van der Waals surface area contributed by atoms with Gasteiger partial charge in [-0.15, -0.1) is 0 Å². The second-order valence-electron chi connectivity index (χ2n) is 10.3. The molecule has 3 aromatic rings. The molecule has 0 aliphatic rings. The Kier molecular flexibility index (Phi) is 12.4. The average Bonchev–Trinajstić information content (AvgIpc) is 2.96. The van der Waals surface area contributed by atoms with Gasteiger partial charge in [-0.25, -0.2) is 17.2 Å². The molecule has 43 heavy (non-hydrogen) atoms. The Labute approximate surface area is 261 Å². The molecular formula is C31H35Cl2F2N3O4S. The standard InChI is InChI=1S/C31H35Cl2F2N3O4S/c1-4-21(2)36-31(40)29(18-22-9-6-5-7-10-22)37(20-23-12-14-25(32)26(33)17-23)30(39)11-8-16-38(43(3,41)42)24-13-15-27(34)28(35)19-24/h5-7,9-10,12-15,17,19,21,29H,4,8,11,16,18,20H2,1-3H3,(H,36,40)/t21-,29-/m0/s1. The van der Waals surface area contributed by atoms with Crippen LogP contribution >= 0.6 is 23.2 Å². The molecule has 0 aliphatic heterocycles. The van der Waals surface area contributed by atoms with Crippen LogP contribution in [0.15, 0.2) is 66.7 Å². The fourth-order valence-electron chi connectivity index (χ4n) is 4.47. The Morgan fingerprint density at radius 2 is 1.63 bits per heavy atom. The minimum atomic E-state index is -3.88. The number of sulfonamides is 1. The van der Waals surface area contributed by atoms with Gasteiger partial charge < -0.3 is 10.2 Å². The highest BCUT2D eigenvalue weighted by Crippen LogP contribution is 2.25. The lowest BCUT2D eigenvalue weighted by Crippen LogP contribution is -2.52. The van der Waals surface area contributed by atoms with Gasteiger partial charge >= 0.3 is 0 Å². The lowest BCUT2D eigenvalue weighted by molar-refractivity contribution is -0.141. The molecule has 0 spiro atoms. The highest BCUT2D eigenvalue weighted by Gasteiger charge is 2.31. The van der Waals surface area contributed by atoms with Gasteiger partial charge in [0.15, 0.2) is 11.6 Å². The summed E-state index contributed by atoms with van der Waals surface area (Å²) in [6.07, 6.45) is 1.80. The van der Waals surface area contributed by atoms with E-state index in [-0.39, 0.29) is 50.0 Å².